The molecule has 1 aliphatic heterocycles. The molecule has 1 amide bonds. The highest BCUT2D eigenvalue weighted by molar-refractivity contribution is 5.99. The zero-order valence-corrected chi connectivity index (χ0v) is 20.5. The zero-order chi connectivity index (χ0) is 24.4. The van der Waals surface area contributed by atoms with Crippen LogP contribution in [0.1, 0.15) is 53.6 Å². The van der Waals surface area contributed by atoms with Crippen molar-refractivity contribution in [3.05, 3.63) is 69.1 Å². The molecule has 1 aliphatic rings. The van der Waals surface area contributed by atoms with E-state index < -0.39 is 6.04 Å². The predicted octanol–water partition coefficient (Wildman–Crippen LogP) is 4.40. The van der Waals surface area contributed by atoms with Gasteiger partial charge in [-0.15, -0.1) is 0 Å². The summed E-state index contributed by atoms with van der Waals surface area (Å²) in [6, 6.07) is 10.5. The quantitative estimate of drug-likeness (QED) is 0.468. The molecular formula is C27H32N2O5. The molecule has 0 N–H and O–H groups in total. The Hall–Kier alpha value is -3.32. The molecule has 2 aromatic carbocycles. The van der Waals surface area contributed by atoms with Gasteiger partial charge in [0.05, 0.1) is 30.2 Å². The smallest absolute Gasteiger partial charge is 0.290 e. The van der Waals surface area contributed by atoms with Crippen molar-refractivity contribution < 1.29 is 18.7 Å². The summed E-state index contributed by atoms with van der Waals surface area (Å²) >= 11 is 0. The van der Waals surface area contributed by atoms with Crippen LogP contribution in [0.4, 0.5) is 0 Å². The van der Waals surface area contributed by atoms with E-state index in [-0.39, 0.29) is 17.1 Å². The first-order valence-corrected chi connectivity index (χ1v) is 11.8. The number of carbonyl (C=O) groups excluding carboxylic acids is 1. The Bertz CT molecular complexity index is 1260. The van der Waals surface area contributed by atoms with Crippen LogP contribution in [0.2, 0.25) is 0 Å². The molecule has 1 atom stereocenters. The minimum absolute atomic E-state index is 0.128. The lowest BCUT2D eigenvalue weighted by molar-refractivity contribution is 0.0722. The van der Waals surface area contributed by atoms with Crippen molar-refractivity contribution in [1.29, 1.82) is 0 Å². The van der Waals surface area contributed by atoms with Crippen molar-refractivity contribution >= 4 is 16.9 Å². The molecule has 0 saturated heterocycles. The lowest BCUT2D eigenvalue weighted by atomic mass is 9.97. The standard InChI is InChI=1S/C27H32N2O5/c1-6-32-21-12-10-18(16-22(21)33-7-2)24-23-25(30)19-15-17(3)9-11-20(19)34-26(23)27(31)29(24)14-8-13-28(4)5/h9-12,15-16,24H,6-8,13-14H2,1-5H3/t24-/m1/s1. The van der Waals surface area contributed by atoms with Crippen LogP contribution in [0.15, 0.2) is 45.6 Å². The van der Waals surface area contributed by atoms with Gasteiger partial charge in [-0.2, -0.15) is 0 Å². The van der Waals surface area contributed by atoms with Gasteiger partial charge in [-0.1, -0.05) is 17.7 Å². The van der Waals surface area contributed by atoms with Gasteiger partial charge in [0, 0.05) is 6.54 Å². The molecule has 0 bridgehead atoms. The van der Waals surface area contributed by atoms with Crippen molar-refractivity contribution in [1.82, 2.24) is 9.80 Å². The summed E-state index contributed by atoms with van der Waals surface area (Å²) in [5.74, 6) is 1.10. The van der Waals surface area contributed by atoms with Gasteiger partial charge in [0.2, 0.25) is 5.76 Å². The van der Waals surface area contributed by atoms with Crippen LogP contribution < -0.4 is 14.9 Å². The summed E-state index contributed by atoms with van der Waals surface area (Å²) < 4.78 is 17.6. The van der Waals surface area contributed by atoms with Gasteiger partial charge in [-0.25, -0.2) is 0 Å². The van der Waals surface area contributed by atoms with Gasteiger partial charge >= 0.3 is 0 Å². The minimum atomic E-state index is -0.555. The molecule has 2 heterocycles. The van der Waals surface area contributed by atoms with E-state index in [1.165, 1.54) is 0 Å². The number of fused-ring (bicyclic) bond motifs is 2. The third kappa shape index (κ3) is 4.40. The van der Waals surface area contributed by atoms with Crippen LogP contribution in [0.3, 0.4) is 0 Å². The maximum atomic E-state index is 13.7. The largest absolute Gasteiger partial charge is 0.490 e. The average molecular weight is 465 g/mol. The maximum absolute atomic E-state index is 13.7. The van der Waals surface area contributed by atoms with E-state index in [1.807, 2.05) is 65.2 Å². The number of amides is 1. The van der Waals surface area contributed by atoms with Crippen LogP contribution in [0, 0.1) is 6.92 Å². The molecule has 7 nitrogen and oxygen atoms in total. The normalized spacial score (nSPS) is 15.3. The molecule has 34 heavy (non-hydrogen) atoms. The summed E-state index contributed by atoms with van der Waals surface area (Å²) in [5, 5.41) is 0.489. The number of nitrogens with zero attached hydrogens (tertiary/aromatic N) is 2. The van der Waals surface area contributed by atoms with E-state index in [1.54, 1.807) is 11.0 Å². The van der Waals surface area contributed by atoms with E-state index in [9.17, 15) is 9.59 Å². The Balaban J connectivity index is 1.88. The molecule has 0 saturated carbocycles. The number of benzene rings is 2. The Kier molecular flexibility index (Phi) is 6.93. The number of hydrogen-bond donors (Lipinski definition) is 0. The van der Waals surface area contributed by atoms with Gasteiger partial charge in [0.15, 0.2) is 16.9 Å². The first kappa shape index (κ1) is 23.8. The van der Waals surface area contributed by atoms with Gasteiger partial charge in [-0.05, 0) is 77.7 Å². The summed E-state index contributed by atoms with van der Waals surface area (Å²) in [5.41, 5.74) is 2.41. The molecular weight excluding hydrogens is 432 g/mol. The lowest BCUT2D eigenvalue weighted by Crippen LogP contribution is -2.32. The number of carbonyl (C=O) groups is 1. The van der Waals surface area contributed by atoms with Gasteiger partial charge in [-0.3, -0.25) is 9.59 Å². The second-order valence-corrected chi connectivity index (χ2v) is 8.80. The van der Waals surface area contributed by atoms with Crippen molar-refractivity contribution in [2.75, 3.05) is 40.4 Å². The molecule has 1 aromatic heterocycles. The number of ether oxygens (including phenoxy) is 2. The number of rotatable bonds is 9. The van der Waals surface area contributed by atoms with Gasteiger partial charge in [0.25, 0.3) is 5.91 Å². The van der Waals surface area contributed by atoms with E-state index in [4.69, 9.17) is 13.9 Å². The molecule has 0 aliphatic carbocycles. The number of hydrogen-bond acceptors (Lipinski definition) is 6. The molecule has 3 aromatic rings. The molecule has 0 fully saturated rings. The molecule has 0 spiro atoms. The predicted molar refractivity (Wildman–Crippen MR) is 132 cm³/mol. The summed E-state index contributed by atoms with van der Waals surface area (Å²) in [7, 11) is 4.00. The highest BCUT2D eigenvalue weighted by Crippen LogP contribution is 2.41. The highest BCUT2D eigenvalue weighted by atomic mass is 16.5. The fourth-order valence-corrected chi connectivity index (χ4v) is 4.51. The van der Waals surface area contributed by atoms with E-state index in [2.05, 4.69) is 4.90 Å². The first-order valence-electron chi connectivity index (χ1n) is 11.8. The second-order valence-electron chi connectivity index (χ2n) is 8.80. The van der Waals surface area contributed by atoms with Crippen LogP contribution in [0.25, 0.3) is 11.0 Å². The first-order chi connectivity index (χ1) is 16.3. The molecule has 0 unspecified atom stereocenters. The van der Waals surface area contributed by atoms with Gasteiger partial charge in [0.1, 0.15) is 5.58 Å². The van der Waals surface area contributed by atoms with Crippen LogP contribution in [-0.4, -0.2) is 56.1 Å². The summed E-state index contributed by atoms with van der Waals surface area (Å²) in [6.07, 6.45) is 0.769. The van der Waals surface area contributed by atoms with Crippen LogP contribution >= 0.6 is 0 Å². The van der Waals surface area contributed by atoms with Crippen molar-refractivity contribution in [3.8, 4) is 11.5 Å². The average Bonchev–Trinajstić information content (AvgIpc) is 3.08. The van der Waals surface area contributed by atoms with Crippen LogP contribution in [0.5, 0.6) is 11.5 Å². The second kappa shape index (κ2) is 9.89. The van der Waals surface area contributed by atoms with Gasteiger partial charge < -0.3 is 23.7 Å². The SMILES string of the molecule is CCOc1ccc([C@@H]2c3c(oc4ccc(C)cc4c3=O)C(=O)N2CCCN(C)C)cc1OCC. The monoisotopic (exact) mass is 464 g/mol. The molecule has 0 radical (unpaired) electrons. The third-order valence-electron chi connectivity index (χ3n) is 6.01. The molecule has 180 valence electrons. The van der Waals surface area contributed by atoms with E-state index in [0.29, 0.717) is 47.8 Å². The van der Waals surface area contributed by atoms with E-state index in [0.717, 1.165) is 24.1 Å². The number of aryl methyl sites for hydroxylation is 1. The third-order valence-corrected chi connectivity index (χ3v) is 6.01. The summed E-state index contributed by atoms with van der Waals surface area (Å²) in [4.78, 5) is 31.1. The zero-order valence-electron chi connectivity index (χ0n) is 20.5. The summed E-state index contributed by atoms with van der Waals surface area (Å²) in [6.45, 7) is 8.07. The maximum Gasteiger partial charge on any atom is 0.290 e. The van der Waals surface area contributed by atoms with Crippen molar-refractivity contribution in [2.45, 2.75) is 33.2 Å². The van der Waals surface area contributed by atoms with Crippen LogP contribution in [-0.2, 0) is 0 Å². The fraction of sp³-hybridized carbons (Fsp3) is 0.407. The minimum Gasteiger partial charge on any atom is -0.490 e. The topological polar surface area (TPSA) is 72.2 Å². The Morgan fingerprint density at radius 3 is 2.44 bits per heavy atom. The Morgan fingerprint density at radius 2 is 1.74 bits per heavy atom. The van der Waals surface area contributed by atoms with E-state index >= 15 is 0 Å². The lowest BCUT2D eigenvalue weighted by Gasteiger charge is -2.26. The van der Waals surface area contributed by atoms with Crippen molar-refractivity contribution in [2.24, 2.45) is 0 Å². The molecule has 7 heteroatoms. The highest BCUT2D eigenvalue weighted by Gasteiger charge is 2.42. The van der Waals surface area contributed by atoms with Crippen molar-refractivity contribution in [3.63, 3.8) is 0 Å². The Morgan fingerprint density at radius 1 is 1.00 bits per heavy atom. The molecule has 4 rings (SSSR count). The Labute approximate surface area is 199 Å². The fourth-order valence-electron chi connectivity index (χ4n) is 4.51.